The van der Waals surface area contributed by atoms with Gasteiger partial charge in [-0.1, -0.05) is 0 Å². The zero-order valence-corrected chi connectivity index (χ0v) is 10.6. The molecule has 0 aromatic carbocycles. The maximum absolute atomic E-state index is 8.62. The lowest BCUT2D eigenvalue weighted by atomic mass is 10.1. The summed E-state index contributed by atoms with van der Waals surface area (Å²) in [6.45, 7) is 3.91. The number of rotatable bonds is 7. The highest BCUT2D eigenvalue weighted by Crippen LogP contribution is 2.08. The zero-order chi connectivity index (χ0) is 10.9. The maximum Gasteiger partial charge on any atom is 0.0438 e. The summed E-state index contributed by atoms with van der Waals surface area (Å²) in [5, 5.41) is 12.2. The molecule has 0 aromatic rings. The van der Waals surface area contributed by atoms with E-state index >= 15 is 0 Å². The van der Waals surface area contributed by atoms with E-state index in [1.54, 1.807) is 0 Å². The van der Waals surface area contributed by atoms with Crippen LogP contribution in [0.15, 0.2) is 0 Å². The molecule has 1 fully saturated rings. The monoisotopic (exact) mass is 232 g/mol. The van der Waals surface area contributed by atoms with Crippen molar-refractivity contribution in [3.63, 3.8) is 0 Å². The lowest BCUT2D eigenvalue weighted by Crippen LogP contribution is -2.41. The van der Waals surface area contributed by atoms with Crippen LogP contribution in [0, 0.1) is 0 Å². The van der Waals surface area contributed by atoms with Crippen LogP contribution in [0.2, 0.25) is 0 Å². The highest BCUT2D eigenvalue weighted by atomic mass is 32.2. The SMILES string of the molecule is CN1CCC(NCCSCCCO)CC1. The number of nitrogens with zero attached hydrogens (tertiary/aromatic N) is 1. The van der Waals surface area contributed by atoms with Crippen LogP contribution in [0.1, 0.15) is 19.3 Å². The van der Waals surface area contributed by atoms with Crippen molar-refractivity contribution in [2.45, 2.75) is 25.3 Å². The fraction of sp³-hybridized carbons (Fsp3) is 1.00. The minimum absolute atomic E-state index is 0.329. The summed E-state index contributed by atoms with van der Waals surface area (Å²) >= 11 is 1.93. The fourth-order valence-electron chi connectivity index (χ4n) is 1.82. The first-order chi connectivity index (χ1) is 7.33. The van der Waals surface area contributed by atoms with E-state index in [2.05, 4.69) is 17.3 Å². The predicted molar refractivity (Wildman–Crippen MR) is 67.5 cm³/mol. The van der Waals surface area contributed by atoms with Gasteiger partial charge in [-0.2, -0.15) is 11.8 Å². The highest BCUT2D eigenvalue weighted by Gasteiger charge is 2.15. The van der Waals surface area contributed by atoms with Crippen molar-refractivity contribution in [3.8, 4) is 0 Å². The summed E-state index contributed by atoms with van der Waals surface area (Å²) in [6, 6.07) is 0.736. The summed E-state index contributed by atoms with van der Waals surface area (Å²) in [7, 11) is 2.20. The minimum atomic E-state index is 0.329. The third kappa shape index (κ3) is 6.40. The molecule has 1 aliphatic heterocycles. The number of hydrogen-bond donors (Lipinski definition) is 2. The number of thioether (sulfide) groups is 1. The molecular weight excluding hydrogens is 208 g/mol. The van der Waals surface area contributed by atoms with E-state index in [4.69, 9.17) is 5.11 Å². The van der Waals surface area contributed by atoms with Crippen molar-refractivity contribution in [1.82, 2.24) is 10.2 Å². The van der Waals surface area contributed by atoms with Crippen molar-refractivity contribution in [3.05, 3.63) is 0 Å². The molecule has 1 heterocycles. The standard InChI is InChI=1S/C11H24N2OS/c1-13-6-3-11(4-7-13)12-5-10-15-9-2-8-14/h11-12,14H,2-10H2,1H3. The maximum atomic E-state index is 8.62. The van der Waals surface area contributed by atoms with Gasteiger partial charge in [0.1, 0.15) is 0 Å². The lowest BCUT2D eigenvalue weighted by molar-refractivity contribution is 0.237. The molecule has 0 aromatic heterocycles. The van der Waals surface area contributed by atoms with Crippen LogP contribution in [0.3, 0.4) is 0 Å². The summed E-state index contributed by atoms with van der Waals surface area (Å²) in [5.41, 5.74) is 0. The van der Waals surface area contributed by atoms with E-state index in [1.807, 2.05) is 11.8 Å². The first-order valence-electron chi connectivity index (χ1n) is 5.93. The van der Waals surface area contributed by atoms with E-state index in [1.165, 1.54) is 31.7 Å². The van der Waals surface area contributed by atoms with Gasteiger partial charge in [-0.25, -0.2) is 0 Å². The molecular formula is C11H24N2OS. The van der Waals surface area contributed by atoms with Gasteiger partial charge in [-0.15, -0.1) is 0 Å². The highest BCUT2D eigenvalue weighted by molar-refractivity contribution is 7.99. The van der Waals surface area contributed by atoms with Gasteiger partial charge in [0.15, 0.2) is 0 Å². The van der Waals surface area contributed by atoms with E-state index in [9.17, 15) is 0 Å². The van der Waals surface area contributed by atoms with Crippen LogP contribution in [0.25, 0.3) is 0 Å². The molecule has 15 heavy (non-hydrogen) atoms. The number of likely N-dealkylation sites (tertiary alicyclic amines) is 1. The molecule has 3 nitrogen and oxygen atoms in total. The van der Waals surface area contributed by atoms with Crippen molar-refractivity contribution in [1.29, 1.82) is 0 Å². The molecule has 0 bridgehead atoms. The Hall–Kier alpha value is 0.230. The van der Waals surface area contributed by atoms with E-state index in [0.29, 0.717) is 6.61 Å². The Balaban J connectivity index is 1.87. The number of aliphatic hydroxyl groups is 1. The Kier molecular flexibility index (Phi) is 7.44. The average Bonchev–Trinajstić information content (AvgIpc) is 2.26. The van der Waals surface area contributed by atoms with Gasteiger partial charge in [0.05, 0.1) is 0 Å². The molecule has 0 unspecified atom stereocenters. The first kappa shape index (κ1) is 13.3. The van der Waals surface area contributed by atoms with Crippen molar-refractivity contribution in [2.75, 3.05) is 44.8 Å². The molecule has 1 aliphatic rings. The van der Waals surface area contributed by atoms with E-state index in [0.717, 1.165) is 24.8 Å². The molecule has 4 heteroatoms. The summed E-state index contributed by atoms with van der Waals surface area (Å²) < 4.78 is 0. The van der Waals surface area contributed by atoms with E-state index in [-0.39, 0.29) is 0 Å². The Morgan fingerprint density at radius 1 is 1.33 bits per heavy atom. The van der Waals surface area contributed by atoms with Gasteiger partial charge in [-0.05, 0) is 45.2 Å². The lowest BCUT2D eigenvalue weighted by Gasteiger charge is -2.29. The Labute approximate surface area is 97.6 Å². The number of aliphatic hydroxyl groups excluding tert-OH is 1. The van der Waals surface area contributed by atoms with Crippen LogP contribution in [-0.4, -0.2) is 60.8 Å². The second-order valence-electron chi connectivity index (χ2n) is 4.22. The second-order valence-corrected chi connectivity index (χ2v) is 5.45. The molecule has 1 rings (SSSR count). The second kappa shape index (κ2) is 8.39. The molecule has 0 aliphatic carbocycles. The van der Waals surface area contributed by atoms with Crippen LogP contribution in [0.5, 0.6) is 0 Å². The van der Waals surface area contributed by atoms with Gasteiger partial charge in [0.2, 0.25) is 0 Å². The van der Waals surface area contributed by atoms with Gasteiger partial charge < -0.3 is 15.3 Å². The molecule has 0 saturated carbocycles. The molecule has 1 saturated heterocycles. The summed E-state index contributed by atoms with van der Waals surface area (Å²) in [5.74, 6) is 2.26. The summed E-state index contributed by atoms with van der Waals surface area (Å²) in [6.07, 6.45) is 3.51. The average molecular weight is 232 g/mol. The van der Waals surface area contributed by atoms with Crippen molar-refractivity contribution in [2.24, 2.45) is 0 Å². The molecule has 0 radical (unpaired) electrons. The quantitative estimate of drug-likeness (QED) is 0.636. The smallest absolute Gasteiger partial charge is 0.0438 e. The van der Waals surface area contributed by atoms with Gasteiger partial charge in [-0.3, -0.25) is 0 Å². The Bertz CT molecular complexity index is 150. The fourth-order valence-corrected chi connectivity index (χ4v) is 2.62. The van der Waals surface area contributed by atoms with Gasteiger partial charge >= 0.3 is 0 Å². The molecule has 0 spiro atoms. The van der Waals surface area contributed by atoms with Gasteiger partial charge in [0, 0.05) is 24.9 Å². The first-order valence-corrected chi connectivity index (χ1v) is 7.09. The van der Waals surface area contributed by atoms with Crippen LogP contribution >= 0.6 is 11.8 Å². The third-order valence-electron chi connectivity index (χ3n) is 2.84. The normalized spacial score (nSPS) is 19.6. The van der Waals surface area contributed by atoms with Crippen LogP contribution in [0.4, 0.5) is 0 Å². The van der Waals surface area contributed by atoms with E-state index < -0.39 is 0 Å². The minimum Gasteiger partial charge on any atom is -0.396 e. The molecule has 2 N–H and O–H groups in total. The summed E-state index contributed by atoms with van der Waals surface area (Å²) in [4.78, 5) is 2.40. The Morgan fingerprint density at radius 2 is 2.07 bits per heavy atom. The number of hydrogen-bond acceptors (Lipinski definition) is 4. The zero-order valence-electron chi connectivity index (χ0n) is 9.74. The van der Waals surface area contributed by atoms with Crippen molar-refractivity contribution >= 4 is 11.8 Å². The Morgan fingerprint density at radius 3 is 2.73 bits per heavy atom. The number of nitrogens with one attached hydrogen (secondary N) is 1. The van der Waals surface area contributed by atoms with Crippen molar-refractivity contribution < 1.29 is 5.11 Å². The van der Waals surface area contributed by atoms with Gasteiger partial charge in [0.25, 0.3) is 0 Å². The molecule has 0 atom stereocenters. The largest absolute Gasteiger partial charge is 0.396 e. The van der Waals surface area contributed by atoms with Crippen LogP contribution in [-0.2, 0) is 0 Å². The topological polar surface area (TPSA) is 35.5 Å². The predicted octanol–water partition coefficient (Wildman–Crippen LogP) is 0.786. The molecule has 0 amide bonds. The van der Waals surface area contributed by atoms with Crippen LogP contribution < -0.4 is 5.32 Å². The number of piperidine rings is 1. The third-order valence-corrected chi connectivity index (χ3v) is 3.91. The molecule has 90 valence electrons.